The molecule has 1 heterocycles. The van der Waals surface area contributed by atoms with Crippen LogP contribution in [0.25, 0.3) is 0 Å². The molecular formula is C19H28BrFN2O3. The molecule has 5 nitrogen and oxygen atoms in total. The Labute approximate surface area is 163 Å². The summed E-state index contributed by atoms with van der Waals surface area (Å²) in [6, 6.07) is 4.88. The summed E-state index contributed by atoms with van der Waals surface area (Å²) in [6.45, 7) is 11.2. The Bertz CT molecular complexity index is 601. The van der Waals surface area contributed by atoms with E-state index in [1.165, 1.54) is 6.07 Å². The summed E-state index contributed by atoms with van der Waals surface area (Å²) in [4.78, 5) is 16.3. The summed E-state index contributed by atoms with van der Waals surface area (Å²) in [5.74, 6) is -0.102. The van der Waals surface area contributed by atoms with Crippen LogP contribution in [0.3, 0.4) is 0 Å². The van der Waals surface area contributed by atoms with E-state index in [9.17, 15) is 9.18 Å². The van der Waals surface area contributed by atoms with Gasteiger partial charge < -0.3 is 14.4 Å². The van der Waals surface area contributed by atoms with Gasteiger partial charge in [-0.3, -0.25) is 4.90 Å². The normalized spacial score (nSPS) is 18.7. The number of hydrogen-bond donors (Lipinski definition) is 0. The van der Waals surface area contributed by atoms with Crippen molar-refractivity contribution in [2.75, 3.05) is 32.8 Å². The molecule has 26 heavy (non-hydrogen) atoms. The molecule has 0 aromatic heterocycles. The van der Waals surface area contributed by atoms with Gasteiger partial charge in [-0.05, 0) is 62.2 Å². The maximum atomic E-state index is 13.7. The zero-order chi connectivity index (χ0) is 19.3. The summed E-state index contributed by atoms with van der Waals surface area (Å²) in [7, 11) is 0. The Hall–Kier alpha value is -1.34. The monoisotopic (exact) mass is 430 g/mol. The molecule has 2 rings (SSSR count). The van der Waals surface area contributed by atoms with Crippen molar-refractivity contribution in [3.05, 3.63) is 28.5 Å². The first-order chi connectivity index (χ1) is 12.2. The molecule has 1 amide bonds. The Kier molecular flexibility index (Phi) is 7.29. The number of para-hydroxylation sites is 1. The average Bonchev–Trinajstić information content (AvgIpc) is 2.52. The molecular weight excluding hydrogens is 403 g/mol. The molecule has 1 aromatic carbocycles. The van der Waals surface area contributed by atoms with Crippen LogP contribution in [0, 0.1) is 5.82 Å². The largest absolute Gasteiger partial charge is 0.489 e. The van der Waals surface area contributed by atoms with Crippen molar-refractivity contribution in [1.82, 2.24) is 9.80 Å². The SMILES string of the molecule is CC1CN(CCCOc2c(F)cccc2Br)CCN1C(=O)OC(C)(C)C. The van der Waals surface area contributed by atoms with Gasteiger partial charge in [0.25, 0.3) is 0 Å². The predicted molar refractivity (Wildman–Crippen MR) is 103 cm³/mol. The van der Waals surface area contributed by atoms with Gasteiger partial charge >= 0.3 is 6.09 Å². The Morgan fingerprint density at radius 3 is 2.69 bits per heavy atom. The Balaban J connectivity index is 1.73. The summed E-state index contributed by atoms with van der Waals surface area (Å²) in [6.07, 6.45) is 0.539. The molecule has 1 aromatic rings. The lowest BCUT2D eigenvalue weighted by molar-refractivity contribution is 0.00104. The van der Waals surface area contributed by atoms with Crippen LogP contribution in [0.4, 0.5) is 9.18 Å². The number of nitrogens with zero attached hydrogens (tertiary/aromatic N) is 2. The fourth-order valence-electron chi connectivity index (χ4n) is 2.91. The van der Waals surface area contributed by atoms with Gasteiger partial charge in [0.1, 0.15) is 5.60 Å². The summed E-state index contributed by atoms with van der Waals surface area (Å²) >= 11 is 3.30. The molecule has 1 aliphatic heterocycles. The van der Waals surface area contributed by atoms with E-state index >= 15 is 0 Å². The molecule has 0 radical (unpaired) electrons. The third kappa shape index (κ3) is 6.13. The van der Waals surface area contributed by atoms with Gasteiger partial charge in [-0.15, -0.1) is 0 Å². The fourth-order valence-corrected chi connectivity index (χ4v) is 3.37. The van der Waals surface area contributed by atoms with E-state index in [-0.39, 0.29) is 23.7 Å². The van der Waals surface area contributed by atoms with E-state index in [0.717, 1.165) is 26.1 Å². The van der Waals surface area contributed by atoms with Crippen LogP contribution in [-0.4, -0.2) is 60.3 Å². The zero-order valence-corrected chi connectivity index (χ0v) is 17.5. The van der Waals surface area contributed by atoms with Gasteiger partial charge in [0, 0.05) is 32.2 Å². The molecule has 0 saturated carbocycles. The second-order valence-corrected chi connectivity index (χ2v) is 8.43. The number of carbonyl (C=O) groups is 1. The van der Waals surface area contributed by atoms with Crippen LogP contribution in [0.1, 0.15) is 34.1 Å². The third-order valence-electron chi connectivity index (χ3n) is 4.12. The molecule has 0 N–H and O–H groups in total. The Morgan fingerprint density at radius 1 is 1.35 bits per heavy atom. The second-order valence-electron chi connectivity index (χ2n) is 7.58. The van der Waals surface area contributed by atoms with E-state index in [1.807, 2.05) is 27.7 Å². The zero-order valence-electron chi connectivity index (χ0n) is 15.9. The molecule has 0 spiro atoms. The molecule has 1 fully saturated rings. The van der Waals surface area contributed by atoms with Crippen molar-refractivity contribution in [1.29, 1.82) is 0 Å². The number of ether oxygens (including phenoxy) is 2. The van der Waals surface area contributed by atoms with Gasteiger partial charge in [0.15, 0.2) is 11.6 Å². The molecule has 1 aliphatic rings. The van der Waals surface area contributed by atoms with Gasteiger partial charge in [-0.1, -0.05) is 6.07 Å². The van der Waals surface area contributed by atoms with Gasteiger partial charge in [0.2, 0.25) is 0 Å². The maximum Gasteiger partial charge on any atom is 0.410 e. The van der Waals surface area contributed by atoms with Crippen molar-refractivity contribution < 1.29 is 18.7 Å². The number of rotatable bonds is 5. The van der Waals surface area contributed by atoms with Crippen molar-refractivity contribution >= 4 is 22.0 Å². The second kappa shape index (κ2) is 9.04. The number of carbonyl (C=O) groups excluding carboxylic acids is 1. The van der Waals surface area contributed by atoms with Crippen LogP contribution in [-0.2, 0) is 4.74 Å². The lowest BCUT2D eigenvalue weighted by atomic mass is 10.2. The van der Waals surface area contributed by atoms with Crippen molar-refractivity contribution in [2.45, 2.75) is 45.8 Å². The number of benzene rings is 1. The number of halogens is 2. The molecule has 0 aliphatic carbocycles. The minimum Gasteiger partial charge on any atom is -0.489 e. The highest BCUT2D eigenvalue weighted by molar-refractivity contribution is 9.10. The van der Waals surface area contributed by atoms with Crippen LogP contribution in [0.5, 0.6) is 5.75 Å². The molecule has 0 bridgehead atoms. The van der Waals surface area contributed by atoms with Crippen molar-refractivity contribution in [3.63, 3.8) is 0 Å². The van der Waals surface area contributed by atoms with Crippen LogP contribution >= 0.6 is 15.9 Å². The standard InChI is InChI=1S/C19H28BrFN2O3/c1-14-13-22(10-11-23(14)18(24)26-19(2,3)4)9-6-12-25-17-15(20)7-5-8-16(17)21/h5,7-8,14H,6,9-13H2,1-4H3. The molecule has 1 saturated heterocycles. The number of amides is 1. The first kappa shape index (κ1) is 21.0. The molecule has 146 valence electrons. The number of hydrogen-bond acceptors (Lipinski definition) is 4. The highest BCUT2D eigenvalue weighted by Crippen LogP contribution is 2.27. The van der Waals surface area contributed by atoms with Gasteiger partial charge in [0.05, 0.1) is 11.1 Å². The highest BCUT2D eigenvalue weighted by atomic mass is 79.9. The van der Waals surface area contributed by atoms with E-state index in [2.05, 4.69) is 20.8 Å². The number of piperazine rings is 1. The minimum absolute atomic E-state index is 0.0974. The van der Waals surface area contributed by atoms with E-state index in [4.69, 9.17) is 9.47 Å². The van der Waals surface area contributed by atoms with E-state index < -0.39 is 5.60 Å². The van der Waals surface area contributed by atoms with Crippen LogP contribution in [0.2, 0.25) is 0 Å². The first-order valence-electron chi connectivity index (χ1n) is 8.96. The van der Waals surface area contributed by atoms with Crippen molar-refractivity contribution in [3.8, 4) is 5.75 Å². The summed E-state index contributed by atoms with van der Waals surface area (Å²) < 4.78 is 25.4. The van der Waals surface area contributed by atoms with E-state index in [1.54, 1.807) is 17.0 Å². The van der Waals surface area contributed by atoms with Crippen LogP contribution in [0.15, 0.2) is 22.7 Å². The predicted octanol–water partition coefficient (Wildman–Crippen LogP) is 4.30. The van der Waals surface area contributed by atoms with Gasteiger partial charge in [-0.2, -0.15) is 0 Å². The molecule has 1 atom stereocenters. The fraction of sp³-hybridized carbons (Fsp3) is 0.632. The molecule has 1 unspecified atom stereocenters. The third-order valence-corrected chi connectivity index (χ3v) is 4.75. The molecule has 7 heteroatoms. The quantitative estimate of drug-likeness (QED) is 0.653. The maximum absolute atomic E-state index is 13.7. The van der Waals surface area contributed by atoms with E-state index in [0.29, 0.717) is 17.6 Å². The Morgan fingerprint density at radius 2 is 2.08 bits per heavy atom. The van der Waals surface area contributed by atoms with Crippen molar-refractivity contribution in [2.24, 2.45) is 0 Å². The van der Waals surface area contributed by atoms with Crippen LogP contribution < -0.4 is 4.74 Å². The average molecular weight is 431 g/mol. The topological polar surface area (TPSA) is 42.0 Å². The lowest BCUT2D eigenvalue weighted by Crippen LogP contribution is -2.55. The minimum atomic E-state index is -0.480. The smallest absolute Gasteiger partial charge is 0.410 e. The lowest BCUT2D eigenvalue weighted by Gasteiger charge is -2.40. The van der Waals surface area contributed by atoms with Gasteiger partial charge in [-0.25, -0.2) is 9.18 Å². The summed E-state index contributed by atoms with van der Waals surface area (Å²) in [5, 5.41) is 0. The first-order valence-corrected chi connectivity index (χ1v) is 9.75. The summed E-state index contributed by atoms with van der Waals surface area (Å²) in [5.41, 5.74) is -0.480. The highest BCUT2D eigenvalue weighted by Gasteiger charge is 2.30.